The maximum atomic E-state index is 13.6. The summed E-state index contributed by atoms with van der Waals surface area (Å²) in [5.41, 5.74) is 7.69. The fourth-order valence-electron chi connectivity index (χ4n) is 6.21. The summed E-state index contributed by atoms with van der Waals surface area (Å²) in [4.78, 5) is 20.9. The van der Waals surface area contributed by atoms with Gasteiger partial charge >= 0.3 is 59.1 Å². The first-order chi connectivity index (χ1) is 22.5. The minimum Gasteiger partial charge on any atom is -0.660 e. The molecule has 2 bridgehead atoms. The van der Waals surface area contributed by atoms with Crippen molar-refractivity contribution < 1.29 is 111 Å². The van der Waals surface area contributed by atoms with Gasteiger partial charge in [-0.25, -0.2) is 24.9 Å². The summed E-state index contributed by atoms with van der Waals surface area (Å²) in [7, 11) is 0. The average molecular weight is 775 g/mol. The first-order valence-electron chi connectivity index (χ1n) is 14.3. The number of aryl methyl sites for hydroxylation is 1. The van der Waals surface area contributed by atoms with Crippen LogP contribution in [0.1, 0.15) is 24.4 Å². The molecule has 0 spiro atoms. The molecule has 49 heavy (non-hydrogen) atoms. The van der Waals surface area contributed by atoms with Gasteiger partial charge in [0.25, 0.3) is 0 Å². The van der Waals surface area contributed by atoms with E-state index in [4.69, 9.17) is 62.5 Å². The number of fused-ring (bicyclic) bond motifs is 4. The molecule has 3 fully saturated rings. The van der Waals surface area contributed by atoms with Gasteiger partial charge in [0, 0.05) is 6.20 Å². The van der Waals surface area contributed by atoms with E-state index in [1.165, 1.54) is 23.5 Å². The van der Waals surface area contributed by atoms with Crippen molar-refractivity contribution in [2.45, 2.75) is 61.9 Å². The SMILES string of the molecule is Nc1ncnc2c1ncn2[C@@H]1O[C@@H]2COP(=O)([S-])O[C@H]3[C@@H](O)[C@H](n4cc5c6c(ncnc64)OCCC5)O[C@@H]3COP(=O)([S-])O[C@@H]1[C@@H]2O.[Na+].[Na+]. The topological polar surface area (TPSA) is 240 Å². The predicted molar refractivity (Wildman–Crippen MR) is 163 cm³/mol. The van der Waals surface area contributed by atoms with E-state index in [1.807, 2.05) is 0 Å². The number of anilines is 1. The van der Waals surface area contributed by atoms with Crippen LogP contribution in [0.25, 0.3) is 22.2 Å². The summed E-state index contributed by atoms with van der Waals surface area (Å²) in [6.07, 6.45) is -3.61. The molecule has 19 nitrogen and oxygen atoms in total. The molecule has 0 radical (unpaired) electrons. The van der Waals surface area contributed by atoms with Crippen LogP contribution in [-0.4, -0.2) is 101 Å². The van der Waals surface area contributed by atoms with Crippen LogP contribution in [0.2, 0.25) is 0 Å². The Labute approximate surface area is 332 Å². The molecule has 0 amide bonds. The first kappa shape index (κ1) is 38.3. The van der Waals surface area contributed by atoms with Crippen LogP contribution in [0.15, 0.2) is 25.2 Å². The van der Waals surface area contributed by atoms with Crippen LogP contribution in [0.3, 0.4) is 0 Å². The second kappa shape index (κ2) is 14.8. The third-order valence-electron chi connectivity index (χ3n) is 8.34. The van der Waals surface area contributed by atoms with E-state index in [1.54, 1.807) is 10.8 Å². The Morgan fingerprint density at radius 2 is 1.51 bits per heavy atom. The monoisotopic (exact) mass is 774 g/mol. The Balaban J connectivity index is 0.00000208. The zero-order valence-electron chi connectivity index (χ0n) is 26.0. The normalized spacial score (nSPS) is 36.3. The molecule has 8 heterocycles. The molecule has 0 aliphatic carbocycles. The number of nitrogen functional groups attached to an aromatic ring is 1. The zero-order chi connectivity index (χ0) is 32.7. The van der Waals surface area contributed by atoms with E-state index < -0.39 is 75.9 Å². The molecule has 2 unspecified atom stereocenters. The molecule has 8 rings (SSSR count). The molecule has 10 atom stereocenters. The molecular formula is C24H26N8Na2O11P2S2. The van der Waals surface area contributed by atoms with Crippen molar-refractivity contribution in [3.63, 3.8) is 0 Å². The fourth-order valence-corrected chi connectivity index (χ4v) is 9.04. The van der Waals surface area contributed by atoms with Gasteiger partial charge in [-0.1, -0.05) is 0 Å². The second-order valence-corrected chi connectivity index (χ2v) is 16.6. The number of hydrogen-bond donors (Lipinski definition) is 3. The summed E-state index contributed by atoms with van der Waals surface area (Å²) >= 11 is 10.4. The Hall–Kier alpha value is -0.390. The molecule has 4 aromatic heterocycles. The van der Waals surface area contributed by atoms with Gasteiger partial charge < -0.3 is 77.3 Å². The van der Waals surface area contributed by atoms with Crippen molar-refractivity contribution in [3.05, 3.63) is 30.7 Å². The quantitative estimate of drug-likeness (QED) is 0.0980. The molecule has 252 valence electrons. The van der Waals surface area contributed by atoms with Crippen molar-refractivity contribution in [2.24, 2.45) is 0 Å². The van der Waals surface area contributed by atoms with Crippen LogP contribution in [0.4, 0.5) is 5.82 Å². The van der Waals surface area contributed by atoms with E-state index in [0.717, 1.165) is 12.0 Å². The second-order valence-electron chi connectivity index (χ2n) is 11.2. The van der Waals surface area contributed by atoms with Crippen LogP contribution < -0.4 is 69.6 Å². The summed E-state index contributed by atoms with van der Waals surface area (Å²) < 4.78 is 70.5. The number of aliphatic hydroxyl groups excluding tert-OH is 2. The smallest absolute Gasteiger partial charge is 0.660 e. The Kier molecular flexibility index (Phi) is 11.6. The summed E-state index contributed by atoms with van der Waals surface area (Å²) in [5.74, 6) is 0.494. The van der Waals surface area contributed by atoms with E-state index in [-0.39, 0.29) is 76.1 Å². The number of nitrogens with two attached hydrogens (primary N) is 1. The van der Waals surface area contributed by atoms with Gasteiger partial charge in [-0.05, 0) is 18.4 Å². The summed E-state index contributed by atoms with van der Waals surface area (Å²) in [6, 6.07) is 0. The van der Waals surface area contributed by atoms with Crippen LogP contribution >= 0.6 is 13.6 Å². The van der Waals surface area contributed by atoms with Crippen LogP contribution in [-0.2, 0) is 67.6 Å². The number of rotatable bonds is 2. The van der Waals surface area contributed by atoms with Gasteiger partial charge in [0.2, 0.25) is 12.7 Å². The fraction of sp³-hybridized carbons (Fsp3) is 0.542. The zero-order valence-corrected chi connectivity index (χ0v) is 33.4. The minimum absolute atomic E-state index is 0. The van der Waals surface area contributed by atoms with Gasteiger partial charge in [0.1, 0.15) is 60.4 Å². The first-order valence-corrected chi connectivity index (χ1v) is 19.5. The van der Waals surface area contributed by atoms with Crippen molar-refractivity contribution in [2.75, 3.05) is 25.6 Å². The molecule has 4 N–H and O–H groups in total. The average Bonchev–Trinajstić information content (AvgIpc) is 3.74. The maximum Gasteiger partial charge on any atom is 1.00 e. The van der Waals surface area contributed by atoms with Gasteiger partial charge in [0.15, 0.2) is 30.7 Å². The third kappa shape index (κ3) is 7.16. The number of nitrogens with zero attached hydrogens (tertiary/aromatic N) is 7. The van der Waals surface area contributed by atoms with E-state index in [9.17, 15) is 19.3 Å². The van der Waals surface area contributed by atoms with Crippen molar-refractivity contribution >= 4 is 66.1 Å². The molecule has 0 saturated carbocycles. The minimum atomic E-state index is -4.43. The van der Waals surface area contributed by atoms with Gasteiger partial charge in [-0.15, -0.1) is 0 Å². The Bertz CT molecular complexity index is 1960. The van der Waals surface area contributed by atoms with Crippen molar-refractivity contribution in [1.82, 2.24) is 34.1 Å². The number of aliphatic hydroxyl groups is 2. The summed E-state index contributed by atoms with van der Waals surface area (Å²) in [5, 5.41) is 23.3. The predicted octanol–water partition coefficient (Wildman–Crippen LogP) is -5.17. The van der Waals surface area contributed by atoms with Crippen molar-refractivity contribution in [3.8, 4) is 5.88 Å². The van der Waals surface area contributed by atoms with Gasteiger partial charge in [-0.3, -0.25) is 13.7 Å². The van der Waals surface area contributed by atoms with Gasteiger partial charge in [0.05, 0.1) is 31.5 Å². The maximum absolute atomic E-state index is 13.6. The number of hydrogen-bond acceptors (Lipinski definition) is 19. The molecule has 0 aromatic carbocycles. The summed E-state index contributed by atoms with van der Waals surface area (Å²) in [6.45, 7) is -9.44. The van der Waals surface area contributed by atoms with Crippen LogP contribution in [0.5, 0.6) is 5.88 Å². The van der Waals surface area contributed by atoms with E-state index >= 15 is 0 Å². The Morgan fingerprint density at radius 3 is 2.29 bits per heavy atom. The van der Waals surface area contributed by atoms with Crippen LogP contribution in [0, 0.1) is 0 Å². The Morgan fingerprint density at radius 1 is 0.837 bits per heavy atom. The number of imidazole rings is 1. The third-order valence-corrected chi connectivity index (χ3v) is 11.4. The molecular weight excluding hydrogens is 748 g/mol. The van der Waals surface area contributed by atoms with Crippen molar-refractivity contribution in [1.29, 1.82) is 0 Å². The van der Waals surface area contributed by atoms with Gasteiger partial charge in [-0.2, -0.15) is 0 Å². The van der Waals surface area contributed by atoms with E-state index in [0.29, 0.717) is 29.9 Å². The standard InChI is InChI=1S/C24H28N8O11P2S2.2Na/c25-19-14-21(28-7-26-19)32(9-30-14)24-18-15(33)11(40-24)5-38-44(35,46)42-17-12(6-39-45(36,47)43-18)41-23(16(17)34)31-4-10-2-1-3-37-22-13(10)20(31)27-8-29-22;;/h4,7-9,11-12,15-18,23-24,33-34H,1-3,5-6H2,(H,35,46)(H,36,47)(H2,25,26,28);;/q;2*+1/p-2/t11-,12-,15-,16-,17-,18-,23-,24-,44?,45?;;/m1../s1. The van der Waals surface area contributed by atoms with E-state index in [2.05, 4.69) is 24.9 Å². The molecule has 4 aliphatic heterocycles. The number of aromatic nitrogens is 7. The number of ether oxygens (including phenoxy) is 3. The molecule has 25 heteroatoms. The largest absolute Gasteiger partial charge is 1.00 e. The molecule has 4 aromatic rings. The molecule has 3 saturated heterocycles. The molecule has 4 aliphatic rings.